The Hall–Kier alpha value is -1.57. The maximum atomic E-state index is 14.2. The molecule has 3 aliphatic rings. The molecule has 23 heavy (non-hydrogen) atoms. The van der Waals surface area contributed by atoms with Crippen molar-refractivity contribution in [1.29, 1.82) is 0 Å². The van der Waals surface area contributed by atoms with Gasteiger partial charge in [-0.15, -0.1) is 0 Å². The third-order valence-electron chi connectivity index (χ3n) is 4.54. The zero-order valence-corrected chi connectivity index (χ0v) is 12.6. The van der Waals surface area contributed by atoms with Gasteiger partial charge in [0.2, 0.25) is 0 Å². The van der Waals surface area contributed by atoms with Crippen LogP contribution in [0.5, 0.6) is 0 Å². The van der Waals surface area contributed by atoms with Gasteiger partial charge in [-0.25, -0.2) is 13.6 Å². The molecule has 4 rings (SSSR count). The Bertz CT molecular complexity index is 647. The zero-order valence-electron chi connectivity index (χ0n) is 12.6. The summed E-state index contributed by atoms with van der Waals surface area (Å²) in [6.45, 7) is 2.76. The number of benzene rings is 1. The van der Waals surface area contributed by atoms with E-state index in [0.717, 1.165) is 0 Å². The summed E-state index contributed by atoms with van der Waals surface area (Å²) in [6, 6.07) is 8.20. The van der Waals surface area contributed by atoms with Crippen LogP contribution < -0.4 is 0 Å². The largest absolute Gasteiger partial charge is 0.459 e. The van der Waals surface area contributed by atoms with Crippen LogP contribution in [0.4, 0.5) is 8.78 Å². The predicted molar refractivity (Wildman–Crippen MR) is 72.8 cm³/mol. The fourth-order valence-corrected chi connectivity index (χ4v) is 3.42. The van der Waals surface area contributed by atoms with Crippen molar-refractivity contribution in [2.24, 2.45) is 5.92 Å². The summed E-state index contributed by atoms with van der Waals surface area (Å²) >= 11 is 0. The Kier molecular flexibility index (Phi) is 2.93. The molecule has 4 atom stereocenters. The Labute approximate surface area is 131 Å². The lowest BCUT2D eigenvalue weighted by Gasteiger charge is -2.21. The van der Waals surface area contributed by atoms with E-state index in [9.17, 15) is 13.6 Å². The van der Waals surface area contributed by atoms with Gasteiger partial charge in [-0.1, -0.05) is 18.2 Å². The Morgan fingerprint density at radius 3 is 2.57 bits per heavy atom. The van der Waals surface area contributed by atoms with Crippen LogP contribution >= 0.6 is 0 Å². The van der Waals surface area contributed by atoms with Gasteiger partial charge in [0.15, 0.2) is 17.7 Å². The van der Waals surface area contributed by atoms with Crippen LogP contribution in [0, 0.1) is 5.92 Å². The maximum Gasteiger partial charge on any atom is 0.338 e. The van der Waals surface area contributed by atoms with E-state index in [2.05, 4.69) is 0 Å². The fourth-order valence-electron chi connectivity index (χ4n) is 3.42. The molecular formula is C16H16F2O5. The topological polar surface area (TPSA) is 54.0 Å². The van der Waals surface area contributed by atoms with Crippen molar-refractivity contribution in [3.8, 4) is 0 Å². The van der Waals surface area contributed by atoms with Crippen LogP contribution in [0.15, 0.2) is 30.3 Å². The van der Waals surface area contributed by atoms with Gasteiger partial charge in [-0.3, -0.25) is 0 Å². The van der Waals surface area contributed by atoms with Gasteiger partial charge in [0, 0.05) is 0 Å². The van der Waals surface area contributed by atoms with Crippen LogP contribution in [0.2, 0.25) is 0 Å². The van der Waals surface area contributed by atoms with Crippen molar-refractivity contribution < 1.29 is 32.5 Å². The summed E-state index contributed by atoms with van der Waals surface area (Å²) in [6.07, 6.45) is -1.71. The number of carbonyl (C=O) groups excluding carboxylic acids is 1. The highest BCUT2D eigenvalue weighted by molar-refractivity contribution is 5.89. The van der Waals surface area contributed by atoms with Crippen molar-refractivity contribution in [3.05, 3.63) is 35.9 Å². The summed E-state index contributed by atoms with van der Waals surface area (Å²) in [4.78, 5) is 11.9. The van der Waals surface area contributed by atoms with Crippen molar-refractivity contribution >= 4 is 5.97 Å². The molecule has 0 amide bonds. The molecule has 5 nitrogen and oxygen atoms in total. The molecule has 2 saturated heterocycles. The second kappa shape index (κ2) is 4.49. The van der Waals surface area contributed by atoms with Crippen LogP contribution in [0.1, 0.15) is 24.2 Å². The van der Waals surface area contributed by atoms with E-state index in [1.165, 1.54) is 0 Å². The van der Waals surface area contributed by atoms with Crippen LogP contribution in [-0.2, 0) is 18.9 Å². The lowest BCUT2D eigenvalue weighted by Crippen LogP contribution is -2.35. The minimum atomic E-state index is -3.10. The Morgan fingerprint density at radius 1 is 1.17 bits per heavy atom. The normalized spacial score (nSPS) is 38.7. The van der Waals surface area contributed by atoms with Gasteiger partial charge in [0.25, 0.3) is 5.92 Å². The average molecular weight is 326 g/mol. The molecule has 3 fully saturated rings. The number of ether oxygens (including phenoxy) is 4. The summed E-state index contributed by atoms with van der Waals surface area (Å²) in [5.74, 6) is -5.88. The Morgan fingerprint density at radius 2 is 1.87 bits per heavy atom. The first-order valence-corrected chi connectivity index (χ1v) is 7.40. The predicted octanol–water partition coefficient (Wildman–Crippen LogP) is 2.36. The van der Waals surface area contributed by atoms with Crippen LogP contribution in [0.3, 0.4) is 0 Å². The molecule has 0 aromatic heterocycles. The summed E-state index contributed by atoms with van der Waals surface area (Å²) in [5.41, 5.74) is -1.54. The van der Waals surface area contributed by atoms with E-state index in [-0.39, 0.29) is 0 Å². The number of hydrogen-bond acceptors (Lipinski definition) is 5. The molecule has 7 heteroatoms. The minimum absolute atomic E-state index is 0.302. The standard InChI is InChI=1S/C16H16F2O5/c1-14(2)21-10-11-15(16(11,17)18,23-13(10)22-14)8-20-12(19)9-6-4-3-5-7-9/h3-7,10-11,13H,8H2,1-2H3/t10-,11-,13+,15+/m1/s1. The zero-order chi connectivity index (χ0) is 16.5. The van der Waals surface area contributed by atoms with Gasteiger partial charge < -0.3 is 18.9 Å². The molecular weight excluding hydrogens is 310 g/mol. The molecule has 124 valence electrons. The lowest BCUT2D eigenvalue weighted by molar-refractivity contribution is -0.226. The third kappa shape index (κ3) is 2.03. The first kappa shape index (κ1) is 15.0. The molecule has 0 unspecified atom stereocenters. The maximum absolute atomic E-state index is 14.2. The number of rotatable bonds is 3. The summed E-state index contributed by atoms with van der Waals surface area (Å²) in [7, 11) is 0. The SMILES string of the molecule is CC1(C)O[C@H]2O[C@@]3(COC(=O)c4ccccc4)[C@@H]([C@H]2O1)C3(F)F. The van der Waals surface area contributed by atoms with Gasteiger partial charge in [-0.05, 0) is 26.0 Å². The van der Waals surface area contributed by atoms with Crippen molar-refractivity contribution in [3.63, 3.8) is 0 Å². The smallest absolute Gasteiger partial charge is 0.338 e. The highest BCUT2D eigenvalue weighted by atomic mass is 19.3. The highest BCUT2D eigenvalue weighted by Gasteiger charge is 2.91. The second-order valence-electron chi connectivity index (χ2n) is 6.52. The highest BCUT2D eigenvalue weighted by Crippen LogP contribution is 2.70. The molecule has 1 aromatic carbocycles. The van der Waals surface area contributed by atoms with Gasteiger partial charge in [0.05, 0.1) is 11.5 Å². The number of fused-ring (bicyclic) bond motifs is 3. The summed E-state index contributed by atoms with van der Waals surface area (Å²) < 4.78 is 49.8. The molecule has 2 heterocycles. The van der Waals surface area contributed by atoms with Gasteiger partial charge in [0.1, 0.15) is 12.7 Å². The van der Waals surface area contributed by atoms with Crippen LogP contribution in [-0.4, -0.2) is 42.3 Å². The van der Waals surface area contributed by atoms with E-state index in [1.54, 1.807) is 44.2 Å². The first-order valence-electron chi connectivity index (χ1n) is 7.40. The number of hydrogen-bond donors (Lipinski definition) is 0. The lowest BCUT2D eigenvalue weighted by atomic mass is 10.2. The molecule has 0 bridgehead atoms. The molecule has 1 aliphatic carbocycles. The van der Waals surface area contributed by atoms with Crippen LogP contribution in [0.25, 0.3) is 0 Å². The van der Waals surface area contributed by atoms with Crippen molar-refractivity contribution in [1.82, 2.24) is 0 Å². The van der Waals surface area contributed by atoms with E-state index < -0.39 is 48.2 Å². The van der Waals surface area contributed by atoms with Gasteiger partial charge >= 0.3 is 5.97 Å². The van der Waals surface area contributed by atoms with Gasteiger partial charge in [-0.2, -0.15) is 0 Å². The molecule has 1 aromatic rings. The molecule has 2 aliphatic heterocycles. The third-order valence-corrected chi connectivity index (χ3v) is 4.54. The number of halogens is 2. The number of alkyl halides is 2. The average Bonchev–Trinajstić information content (AvgIpc) is 2.73. The van der Waals surface area contributed by atoms with E-state index >= 15 is 0 Å². The molecule has 1 saturated carbocycles. The van der Waals surface area contributed by atoms with Crippen molar-refractivity contribution in [2.45, 2.75) is 43.6 Å². The minimum Gasteiger partial charge on any atom is -0.459 e. The molecule has 0 N–H and O–H groups in total. The fraction of sp³-hybridized carbons (Fsp3) is 0.562. The molecule has 0 radical (unpaired) electrons. The number of carbonyl (C=O) groups is 1. The second-order valence-corrected chi connectivity index (χ2v) is 6.52. The number of esters is 1. The van der Waals surface area contributed by atoms with Crippen molar-refractivity contribution in [2.75, 3.05) is 6.61 Å². The monoisotopic (exact) mass is 326 g/mol. The molecule has 0 spiro atoms. The van der Waals surface area contributed by atoms with E-state index in [1.807, 2.05) is 0 Å². The van der Waals surface area contributed by atoms with E-state index in [4.69, 9.17) is 18.9 Å². The Balaban J connectivity index is 1.47. The first-order chi connectivity index (χ1) is 10.8. The quantitative estimate of drug-likeness (QED) is 0.798. The summed E-state index contributed by atoms with van der Waals surface area (Å²) in [5, 5.41) is 0. The van der Waals surface area contributed by atoms with E-state index in [0.29, 0.717) is 5.56 Å².